The maximum atomic E-state index is 14.2. The monoisotopic (exact) mass is 544 g/mol. The van der Waals surface area contributed by atoms with E-state index in [2.05, 4.69) is 35.4 Å². The first-order chi connectivity index (χ1) is 18.5. The third-order valence-electron chi connectivity index (χ3n) is 8.01. The Morgan fingerprint density at radius 1 is 1.13 bits per heavy atom. The predicted molar refractivity (Wildman–Crippen MR) is 149 cm³/mol. The highest BCUT2D eigenvalue weighted by Gasteiger charge is 2.49. The molecule has 2 saturated carbocycles. The van der Waals surface area contributed by atoms with Gasteiger partial charge in [-0.15, -0.1) is 22.7 Å². The lowest BCUT2D eigenvalue weighted by Gasteiger charge is -2.35. The lowest BCUT2D eigenvalue weighted by Crippen LogP contribution is -2.50. The van der Waals surface area contributed by atoms with Gasteiger partial charge in [-0.05, 0) is 62.6 Å². The highest BCUT2D eigenvalue weighted by atomic mass is 32.1. The van der Waals surface area contributed by atoms with Crippen molar-refractivity contribution in [2.45, 2.75) is 57.0 Å². The number of hydrogen-bond donors (Lipinski definition) is 1. The van der Waals surface area contributed by atoms with Crippen LogP contribution in [0.3, 0.4) is 0 Å². The van der Waals surface area contributed by atoms with Crippen molar-refractivity contribution in [3.05, 3.63) is 64.2 Å². The summed E-state index contributed by atoms with van der Waals surface area (Å²) in [5.41, 5.74) is 5.34. The Hall–Kier alpha value is -3.30. The van der Waals surface area contributed by atoms with Crippen LogP contribution in [-0.2, 0) is 0 Å². The van der Waals surface area contributed by atoms with Crippen LogP contribution in [0.4, 0.5) is 4.79 Å². The van der Waals surface area contributed by atoms with Crippen molar-refractivity contribution in [1.29, 1.82) is 0 Å². The average molecular weight is 545 g/mol. The Labute approximate surface area is 228 Å². The number of aromatic nitrogens is 2. The number of benzene rings is 2. The molecular weight excluding hydrogens is 516 g/mol. The molecule has 0 spiro atoms. The molecule has 0 radical (unpaired) electrons. The van der Waals surface area contributed by atoms with Gasteiger partial charge < -0.3 is 15.0 Å². The standard InChI is InChI=1S/C29H28N4O3S2/c1-16-4-2-5-19(12-16)25-24(32-27(38-25)17-8-9-17)28(34)33-20-11-10-18(13-20)22(33)14-30-29(35)36-23-7-3-6-21-26(23)37-15-31-21/h2-7,12,15,17-18,20,22H,8-11,13-14H2,1H3,(H,30,35)/t18-,20+,22+/m0/s1. The minimum atomic E-state index is -0.508. The molecule has 9 heteroatoms. The van der Waals surface area contributed by atoms with Crippen LogP contribution in [0.5, 0.6) is 5.75 Å². The molecule has 2 amide bonds. The average Bonchev–Trinajstić information content (AvgIpc) is 3.30. The van der Waals surface area contributed by atoms with Crippen molar-refractivity contribution in [2.75, 3.05) is 6.54 Å². The van der Waals surface area contributed by atoms with Crippen molar-refractivity contribution in [2.24, 2.45) is 5.92 Å². The number of carbonyl (C=O) groups is 2. The first-order valence-corrected chi connectivity index (χ1v) is 14.9. The maximum absolute atomic E-state index is 14.2. The molecule has 2 bridgehead atoms. The normalized spacial score (nSPS) is 22.2. The Morgan fingerprint density at radius 3 is 2.84 bits per heavy atom. The summed E-state index contributed by atoms with van der Waals surface area (Å²) >= 11 is 3.11. The molecule has 3 atom stereocenters. The number of fused-ring (bicyclic) bond motifs is 3. The van der Waals surface area contributed by atoms with E-state index in [4.69, 9.17) is 9.72 Å². The van der Waals surface area contributed by atoms with Gasteiger partial charge in [-0.25, -0.2) is 14.8 Å². The second-order valence-corrected chi connectivity index (χ2v) is 12.5. The molecule has 3 heterocycles. The van der Waals surface area contributed by atoms with Crippen LogP contribution < -0.4 is 10.1 Å². The Kier molecular flexibility index (Phi) is 5.93. The SMILES string of the molecule is Cc1cccc(-c2sc(C3CC3)nc2C(=O)N2[C@@H]3CC[C@@H](C3)[C@H]2CNC(=O)Oc2cccc3ncsc23)c1. The molecule has 7 nitrogen and oxygen atoms in total. The van der Waals surface area contributed by atoms with E-state index in [1.165, 1.54) is 11.3 Å². The van der Waals surface area contributed by atoms with Gasteiger partial charge >= 0.3 is 6.09 Å². The molecule has 7 rings (SSSR count). The van der Waals surface area contributed by atoms with Crippen LogP contribution in [0.1, 0.15) is 59.1 Å². The Morgan fingerprint density at radius 2 is 2.00 bits per heavy atom. The number of carbonyl (C=O) groups excluding carboxylic acids is 2. The number of nitrogens with zero attached hydrogens (tertiary/aromatic N) is 3. The minimum absolute atomic E-state index is 0.00792. The highest BCUT2D eigenvalue weighted by molar-refractivity contribution is 7.17. The Bertz CT molecular complexity index is 1540. The molecule has 2 aromatic heterocycles. The lowest BCUT2D eigenvalue weighted by molar-refractivity contribution is 0.0586. The van der Waals surface area contributed by atoms with Crippen molar-refractivity contribution in [3.63, 3.8) is 0 Å². The first-order valence-electron chi connectivity index (χ1n) is 13.2. The van der Waals surface area contributed by atoms with E-state index in [9.17, 15) is 9.59 Å². The molecular formula is C29H28N4O3S2. The number of thiazole rings is 2. The van der Waals surface area contributed by atoms with Crippen LogP contribution in [0, 0.1) is 12.8 Å². The molecule has 38 heavy (non-hydrogen) atoms. The molecule has 1 saturated heterocycles. The topological polar surface area (TPSA) is 84.4 Å². The number of aryl methyl sites for hydroxylation is 1. The van der Waals surface area contributed by atoms with Gasteiger partial charge in [0, 0.05) is 18.5 Å². The van der Waals surface area contributed by atoms with E-state index >= 15 is 0 Å². The molecule has 3 fully saturated rings. The quantitative estimate of drug-likeness (QED) is 0.304. The Balaban J connectivity index is 1.12. The number of amides is 2. The third-order valence-corrected chi connectivity index (χ3v) is 10.1. The third kappa shape index (κ3) is 4.27. The van der Waals surface area contributed by atoms with Gasteiger partial charge in [0.2, 0.25) is 0 Å². The van der Waals surface area contributed by atoms with Gasteiger partial charge in [0.15, 0.2) is 5.75 Å². The zero-order chi connectivity index (χ0) is 25.8. The molecule has 0 unspecified atom stereocenters. The van der Waals surface area contributed by atoms with Crippen molar-refractivity contribution >= 4 is 44.9 Å². The highest BCUT2D eigenvalue weighted by Crippen LogP contribution is 2.47. The van der Waals surface area contributed by atoms with E-state index in [-0.39, 0.29) is 18.0 Å². The van der Waals surface area contributed by atoms with Crippen LogP contribution in [-0.4, -0.2) is 45.5 Å². The van der Waals surface area contributed by atoms with Crippen LogP contribution in [0.25, 0.3) is 20.7 Å². The number of rotatable bonds is 6. The summed E-state index contributed by atoms with van der Waals surface area (Å²) in [7, 11) is 0. The van der Waals surface area contributed by atoms with Gasteiger partial charge in [-0.3, -0.25) is 4.79 Å². The minimum Gasteiger partial charge on any atom is -0.409 e. The summed E-state index contributed by atoms with van der Waals surface area (Å²) in [6, 6.07) is 14.0. The van der Waals surface area contributed by atoms with Crippen LogP contribution in [0.15, 0.2) is 48.0 Å². The van der Waals surface area contributed by atoms with Gasteiger partial charge in [-0.1, -0.05) is 35.9 Å². The summed E-state index contributed by atoms with van der Waals surface area (Å²) in [6.45, 7) is 2.44. The van der Waals surface area contributed by atoms with Gasteiger partial charge in [0.05, 0.1) is 31.7 Å². The summed E-state index contributed by atoms with van der Waals surface area (Å²) in [5, 5.41) is 4.02. The predicted octanol–water partition coefficient (Wildman–Crippen LogP) is 6.39. The summed E-state index contributed by atoms with van der Waals surface area (Å²) in [6.07, 6.45) is 4.84. The second kappa shape index (κ2) is 9.47. The van der Waals surface area contributed by atoms with E-state index < -0.39 is 6.09 Å². The molecule has 3 aliphatic rings. The van der Waals surface area contributed by atoms with E-state index in [1.54, 1.807) is 22.9 Å². The van der Waals surface area contributed by atoms with Gasteiger partial charge in [0.1, 0.15) is 5.69 Å². The summed E-state index contributed by atoms with van der Waals surface area (Å²) in [4.78, 5) is 39.1. The fourth-order valence-corrected chi connectivity index (χ4v) is 7.99. The van der Waals surface area contributed by atoms with Crippen molar-refractivity contribution < 1.29 is 14.3 Å². The largest absolute Gasteiger partial charge is 0.412 e. The van der Waals surface area contributed by atoms with Crippen LogP contribution >= 0.6 is 22.7 Å². The van der Waals surface area contributed by atoms with Gasteiger partial charge in [0.25, 0.3) is 5.91 Å². The van der Waals surface area contributed by atoms with Crippen molar-refractivity contribution in [1.82, 2.24) is 20.2 Å². The fraction of sp³-hybridized carbons (Fsp3) is 0.379. The molecule has 2 aliphatic carbocycles. The zero-order valence-electron chi connectivity index (χ0n) is 21.1. The number of hydrogen-bond acceptors (Lipinski definition) is 7. The molecule has 1 aliphatic heterocycles. The van der Waals surface area contributed by atoms with Gasteiger partial charge in [-0.2, -0.15) is 0 Å². The number of ether oxygens (including phenoxy) is 1. The van der Waals surface area contributed by atoms with Crippen LogP contribution in [0.2, 0.25) is 0 Å². The molecule has 194 valence electrons. The lowest BCUT2D eigenvalue weighted by atomic mass is 9.98. The molecule has 1 N–H and O–H groups in total. The second-order valence-electron chi connectivity index (χ2n) is 10.6. The number of nitrogens with one attached hydrogen (secondary N) is 1. The van der Waals surface area contributed by atoms with E-state index in [0.717, 1.165) is 63.3 Å². The number of likely N-dealkylation sites (tertiary alicyclic amines) is 1. The van der Waals surface area contributed by atoms with Crippen molar-refractivity contribution in [3.8, 4) is 16.2 Å². The van der Waals surface area contributed by atoms with E-state index in [1.807, 2.05) is 23.1 Å². The number of piperidine rings is 1. The van der Waals surface area contributed by atoms with E-state index in [0.29, 0.717) is 29.8 Å². The zero-order valence-corrected chi connectivity index (χ0v) is 22.7. The fourth-order valence-electron chi connectivity index (χ4n) is 6.03. The first kappa shape index (κ1) is 23.8. The molecule has 4 aromatic rings. The summed E-state index contributed by atoms with van der Waals surface area (Å²) < 4.78 is 6.48. The molecule has 2 aromatic carbocycles. The maximum Gasteiger partial charge on any atom is 0.412 e. The smallest absolute Gasteiger partial charge is 0.409 e. The summed E-state index contributed by atoms with van der Waals surface area (Å²) in [5.74, 6) is 1.35.